The highest BCUT2D eigenvalue weighted by Gasteiger charge is 2.13. The second-order valence-electron chi connectivity index (χ2n) is 4.46. The molecule has 0 aromatic carbocycles. The van der Waals surface area contributed by atoms with Gasteiger partial charge in [-0.3, -0.25) is 4.68 Å². The molecule has 17 heavy (non-hydrogen) atoms. The topological polar surface area (TPSA) is 17.8 Å². The third-order valence-corrected chi connectivity index (χ3v) is 4.39. The fourth-order valence-corrected chi connectivity index (χ4v) is 3.21. The average Bonchev–Trinajstić information content (AvgIpc) is 2.56. The first kappa shape index (κ1) is 15.0. The Balaban J connectivity index is 2.49. The Morgan fingerprint density at radius 2 is 2.06 bits per heavy atom. The SMILES string of the molecule is CCCC(Br)CCCc1c(Cl)c(CC)nn1C. The quantitative estimate of drug-likeness (QED) is 0.675. The molecule has 0 saturated carbocycles. The number of aromatic nitrogens is 2. The van der Waals surface area contributed by atoms with Crippen LogP contribution < -0.4 is 0 Å². The Labute approximate surface area is 118 Å². The Hall–Kier alpha value is -0.0200. The first-order chi connectivity index (χ1) is 8.10. The molecule has 0 saturated heterocycles. The van der Waals surface area contributed by atoms with Gasteiger partial charge in [0, 0.05) is 11.9 Å². The first-order valence-electron chi connectivity index (χ1n) is 6.44. The van der Waals surface area contributed by atoms with E-state index >= 15 is 0 Å². The molecular formula is C13H22BrClN2. The van der Waals surface area contributed by atoms with E-state index < -0.39 is 0 Å². The predicted molar refractivity (Wildman–Crippen MR) is 78.2 cm³/mol. The second kappa shape index (κ2) is 7.42. The van der Waals surface area contributed by atoms with Gasteiger partial charge in [-0.2, -0.15) is 5.10 Å². The van der Waals surface area contributed by atoms with Gasteiger partial charge in [0.1, 0.15) is 0 Å². The highest BCUT2D eigenvalue weighted by molar-refractivity contribution is 9.09. The average molecular weight is 322 g/mol. The molecular weight excluding hydrogens is 300 g/mol. The van der Waals surface area contributed by atoms with Gasteiger partial charge < -0.3 is 0 Å². The summed E-state index contributed by atoms with van der Waals surface area (Å²) < 4.78 is 1.93. The molecule has 0 N–H and O–H groups in total. The molecule has 0 amide bonds. The van der Waals surface area contributed by atoms with Gasteiger partial charge in [-0.25, -0.2) is 0 Å². The van der Waals surface area contributed by atoms with E-state index in [-0.39, 0.29) is 0 Å². The van der Waals surface area contributed by atoms with Crippen LogP contribution in [0.4, 0.5) is 0 Å². The Morgan fingerprint density at radius 1 is 1.35 bits per heavy atom. The smallest absolute Gasteiger partial charge is 0.0849 e. The van der Waals surface area contributed by atoms with E-state index in [1.807, 2.05) is 11.7 Å². The highest BCUT2D eigenvalue weighted by atomic mass is 79.9. The van der Waals surface area contributed by atoms with Crippen LogP contribution in [-0.2, 0) is 19.9 Å². The fraction of sp³-hybridized carbons (Fsp3) is 0.769. The monoisotopic (exact) mass is 320 g/mol. The van der Waals surface area contributed by atoms with Crippen molar-refractivity contribution in [3.05, 3.63) is 16.4 Å². The Bertz CT molecular complexity index is 349. The molecule has 0 aliphatic heterocycles. The molecule has 0 radical (unpaired) electrons. The summed E-state index contributed by atoms with van der Waals surface area (Å²) in [6.07, 6.45) is 6.79. The molecule has 1 heterocycles. The number of halogens is 2. The lowest BCUT2D eigenvalue weighted by molar-refractivity contribution is 0.624. The summed E-state index contributed by atoms with van der Waals surface area (Å²) in [5, 5.41) is 5.31. The molecule has 1 aromatic rings. The van der Waals surface area contributed by atoms with Crippen LogP contribution >= 0.6 is 27.5 Å². The molecule has 0 fully saturated rings. The molecule has 4 heteroatoms. The lowest BCUT2D eigenvalue weighted by atomic mass is 10.1. The lowest BCUT2D eigenvalue weighted by Gasteiger charge is -2.08. The molecule has 0 aliphatic rings. The van der Waals surface area contributed by atoms with Crippen LogP contribution in [0.25, 0.3) is 0 Å². The van der Waals surface area contributed by atoms with Gasteiger partial charge in [-0.1, -0.05) is 47.8 Å². The van der Waals surface area contributed by atoms with Crippen LogP contribution in [0, 0.1) is 0 Å². The third-order valence-electron chi connectivity index (χ3n) is 3.04. The summed E-state index contributed by atoms with van der Waals surface area (Å²) in [7, 11) is 1.98. The van der Waals surface area contributed by atoms with Crippen LogP contribution in [0.3, 0.4) is 0 Å². The fourth-order valence-electron chi connectivity index (χ4n) is 2.04. The van der Waals surface area contributed by atoms with Gasteiger partial charge >= 0.3 is 0 Å². The van der Waals surface area contributed by atoms with E-state index in [0.717, 1.165) is 23.6 Å². The van der Waals surface area contributed by atoms with Crippen LogP contribution in [0.5, 0.6) is 0 Å². The molecule has 1 atom stereocenters. The van der Waals surface area contributed by atoms with Crippen molar-refractivity contribution in [1.82, 2.24) is 9.78 Å². The number of hydrogen-bond donors (Lipinski definition) is 0. The van der Waals surface area contributed by atoms with Gasteiger partial charge in [-0.15, -0.1) is 0 Å². The highest BCUT2D eigenvalue weighted by Crippen LogP contribution is 2.23. The minimum atomic E-state index is 0.644. The van der Waals surface area contributed by atoms with Gasteiger partial charge in [0.05, 0.1) is 16.4 Å². The maximum Gasteiger partial charge on any atom is 0.0849 e. The summed E-state index contributed by atoms with van der Waals surface area (Å²) in [5.74, 6) is 0. The summed E-state index contributed by atoms with van der Waals surface area (Å²) >= 11 is 10.0. The number of rotatable bonds is 7. The van der Waals surface area contributed by atoms with Crippen molar-refractivity contribution >= 4 is 27.5 Å². The molecule has 0 spiro atoms. The van der Waals surface area contributed by atoms with Gasteiger partial charge in [0.25, 0.3) is 0 Å². The number of nitrogens with zero attached hydrogens (tertiary/aromatic N) is 2. The number of alkyl halides is 1. The van der Waals surface area contributed by atoms with E-state index in [2.05, 4.69) is 34.9 Å². The molecule has 98 valence electrons. The van der Waals surface area contributed by atoms with E-state index in [1.165, 1.54) is 31.4 Å². The zero-order chi connectivity index (χ0) is 12.8. The van der Waals surface area contributed by atoms with Crippen molar-refractivity contribution in [2.75, 3.05) is 0 Å². The molecule has 1 unspecified atom stereocenters. The first-order valence-corrected chi connectivity index (χ1v) is 7.73. The van der Waals surface area contributed by atoms with Crippen LogP contribution in [0.2, 0.25) is 5.02 Å². The van der Waals surface area contributed by atoms with Crippen molar-refractivity contribution in [3.63, 3.8) is 0 Å². The zero-order valence-electron chi connectivity index (χ0n) is 11.0. The normalized spacial score (nSPS) is 13.0. The van der Waals surface area contributed by atoms with Gasteiger partial charge in [0.2, 0.25) is 0 Å². The van der Waals surface area contributed by atoms with E-state index in [1.54, 1.807) is 0 Å². The van der Waals surface area contributed by atoms with Crippen molar-refractivity contribution in [2.24, 2.45) is 7.05 Å². The van der Waals surface area contributed by atoms with E-state index in [0.29, 0.717) is 4.83 Å². The largest absolute Gasteiger partial charge is 0.271 e. The van der Waals surface area contributed by atoms with Crippen LogP contribution in [0.15, 0.2) is 0 Å². The van der Waals surface area contributed by atoms with Crippen molar-refractivity contribution in [2.45, 2.75) is 57.2 Å². The Kier molecular flexibility index (Phi) is 6.57. The minimum Gasteiger partial charge on any atom is -0.271 e. The van der Waals surface area contributed by atoms with Crippen molar-refractivity contribution in [1.29, 1.82) is 0 Å². The van der Waals surface area contributed by atoms with Gasteiger partial charge in [-0.05, 0) is 32.1 Å². The summed E-state index contributed by atoms with van der Waals surface area (Å²) in [4.78, 5) is 0.644. The summed E-state index contributed by atoms with van der Waals surface area (Å²) in [6, 6.07) is 0. The molecule has 2 nitrogen and oxygen atoms in total. The Morgan fingerprint density at radius 3 is 2.59 bits per heavy atom. The van der Waals surface area contributed by atoms with E-state index in [9.17, 15) is 0 Å². The third kappa shape index (κ3) is 4.29. The summed E-state index contributed by atoms with van der Waals surface area (Å²) in [6.45, 7) is 4.31. The van der Waals surface area contributed by atoms with Gasteiger partial charge in [0.15, 0.2) is 0 Å². The van der Waals surface area contributed by atoms with Crippen molar-refractivity contribution < 1.29 is 0 Å². The predicted octanol–water partition coefficient (Wildman–Crippen LogP) is 4.52. The second-order valence-corrected chi connectivity index (χ2v) is 6.14. The van der Waals surface area contributed by atoms with Crippen molar-refractivity contribution in [3.8, 4) is 0 Å². The number of aryl methyl sites for hydroxylation is 2. The summed E-state index contributed by atoms with van der Waals surface area (Å²) in [5.41, 5.74) is 2.20. The van der Waals surface area contributed by atoms with Crippen LogP contribution in [0.1, 0.15) is 50.9 Å². The van der Waals surface area contributed by atoms with Crippen LogP contribution in [-0.4, -0.2) is 14.6 Å². The molecule has 1 rings (SSSR count). The molecule has 0 bridgehead atoms. The van der Waals surface area contributed by atoms with E-state index in [4.69, 9.17) is 11.6 Å². The molecule has 1 aromatic heterocycles. The number of hydrogen-bond acceptors (Lipinski definition) is 1. The maximum atomic E-state index is 6.31. The maximum absolute atomic E-state index is 6.31. The minimum absolute atomic E-state index is 0.644. The standard InChI is InChI=1S/C13H22BrClN2/c1-4-7-10(14)8-6-9-12-13(15)11(5-2)16-17(12)3/h10H,4-9H2,1-3H3. The zero-order valence-corrected chi connectivity index (χ0v) is 13.3. The lowest BCUT2D eigenvalue weighted by Crippen LogP contribution is -2.02. The molecule has 0 aliphatic carbocycles.